The highest BCUT2D eigenvalue weighted by atomic mass is 32.2. The van der Waals surface area contributed by atoms with Crippen molar-refractivity contribution in [2.45, 2.75) is 45.2 Å². The summed E-state index contributed by atoms with van der Waals surface area (Å²) in [5, 5.41) is 1.62. The SMILES string of the molecule is CC(C)CSc1nc2sc3c(c2c(=O)[nH]1)CC[C@H](C)C3. The smallest absolute Gasteiger partial charge is 0.260 e. The van der Waals surface area contributed by atoms with Crippen molar-refractivity contribution in [2.24, 2.45) is 11.8 Å². The maximum atomic E-state index is 12.4. The standard InChI is InChI=1S/C15H20N2OS2/c1-8(2)7-19-15-16-13(18)12-10-5-4-9(3)6-11(10)20-14(12)17-15/h8-9H,4-7H2,1-3H3,(H,16,17,18)/t9-/m0/s1. The lowest BCUT2D eigenvalue weighted by molar-refractivity contribution is 0.509. The molecule has 0 saturated heterocycles. The molecule has 0 aliphatic heterocycles. The molecule has 1 aliphatic carbocycles. The minimum absolute atomic E-state index is 0.0494. The number of nitrogens with one attached hydrogen (secondary N) is 1. The molecule has 5 heteroatoms. The molecule has 3 rings (SSSR count). The van der Waals surface area contributed by atoms with Crippen LogP contribution in [0.4, 0.5) is 0 Å². The van der Waals surface area contributed by atoms with E-state index >= 15 is 0 Å². The average Bonchev–Trinajstić information content (AvgIpc) is 2.73. The number of hydrogen-bond donors (Lipinski definition) is 1. The summed E-state index contributed by atoms with van der Waals surface area (Å²) in [7, 11) is 0. The Kier molecular flexibility index (Phi) is 3.91. The molecule has 0 saturated carbocycles. The third-order valence-corrected chi connectivity index (χ3v) is 6.15. The molecule has 0 amide bonds. The van der Waals surface area contributed by atoms with Gasteiger partial charge in [-0.15, -0.1) is 11.3 Å². The van der Waals surface area contributed by atoms with Crippen LogP contribution in [0.1, 0.15) is 37.6 Å². The van der Waals surface area contributed by atoms with E-state index in [-0.39, 0.29) is 5.56 Å². The van der Waals surface area contributed by atoms with Crippen molar-refractivity contribution in [3.05, 3.63) is 20.8 Å². The van der Waals surface area contributed by atoms with Crippen LogP contribution in [0.25, 0.3) is 10.2 Å². The van der Waals surface area contributed by atoms with Gasteiger partial charge in [0.2, 0.25) is 0 Å². The minimum Gasteiger partial charge on any atom is -0.301 e. The second kappa shape index (κ2) is 5.53. The van der Waals surface area contributed by atoms with Crippen molar-refractivity contribution >= 4 is 33.3 Å². The number of nitrogens with zero attached hydrogens (tertiary/aromatic N) is 1. The number of H-pyrrole nitrogens is 1. The maximum Gasteiger partial charge on any atom is 0.260 e. The molecule has 108 valence electrons. The van der Waals surface area contributed by atoms with E-state index in [1.54, 1.807) is 23.1 Å². The van der Waals surface area contributed by atoms with Gasteiger partial charge in [0, 0.05) is 10.6 Å². The Morgan fingerprint density at radius 1 is 1.50 bits per heavy atom. The highest BCUT2D eigenvalue weighted by Crippen LogP contribution is 2.36. The molecule has 1 N–H and O–H groups in total. The zero-order valence-electron chi connectivity index (χ0n) is 12.2. The molecule has 0 unspecified atom stereocenters. The molecule has 0 bridgehead atoms. The van der Waals surface area contributed by atoms with Gasteiger partial charge in [-0.1, -0.05) is 32.5 Å². The topological polar surface area (TPSA) is 45.8 Å². The first-order chi connectivity index (χ1) is 9.54. The number of fused-ring (bicyclic) bond motifs is 3. The van der Waals surface area contributed by atoms with Gasteiger partial charge in [0.1, 0.15) is 4.83 Å². The molecule has 2 aromatic rings. The first-order valence-corrected chi connectivity index (χ1v) is 9.02. The van der Waals surface area contributed by atoms with Gasteiger partial charge in [0.15, 0.2) is 5.16 Å². The quantitative estimate of drug-likeness (QED) is 0.692. The third kappa shape index (κ3) is 2.66. The van der Waals surface area contributed by atoms with Crippen molar-refractivity contribution in [3.8, 4) is 0 Å². The first-order valence-electron chi connectivity index (χ1n) is 7.22. The van der Waals surface area contributed by atoms with Gasteiger partial charge in [-0.05, 0) is 36.7 Å². The molecule has 0 spiro atoms. The van der Waals surface area contributed by atoms with E-state index in [9.17, 15) is 4.79 Å². The van der Waals surface area contributed by atoms with E-state index in [1.807, 2.05) is 0 Å². The van der Waals surface area contributed by atoms with E-state index < -0.39 is 0 Å². The van der Waals surface area contributed by atoms with Gasteiger partial charge in [0.25, 0.3) is 5.56 Å². The van der Waals surface area contributed by atoms with Crippen molar-refractivity contribution in [3.63, 3.8) is 0 Å². The molecular formula is C15H20N2OS2. The number of aromatic nitrogens is 2. The lowest BCUT2D eigenvalue weighted by atomic mass is 9.89. The monoisotopic (exact) mass is 308 g/mol. The molecule has 0 fully saturated rings. The second-order valence-electron chi connectivity index (χ2n) is 6.11. The predicted molar refractivity (Wildman–Crippen MR) is 87.0 cm³/mol. The Hall–Kier alpha value is -0.810. The Balaban J connectivity index is 2.03. The summed E-state index contributed by atoms with van der Waals surface area (Å²) in [6.07, 6.45) is 3.31. The second-order valence-corrected chi connectivity index (χ2v) is 8.20. The molecule has 2 heterocycles. The third-order valence-electron chi connectivity index (χ3n) is 3.70. The van der Waals surface area contributed by atoms with E-state index in [0.717, 1.165) is 39.9 Å². The van der Waals surface area contributed by atoms with E-state index in [2.05, 4.69) is 30.7 Å². The molecule has 1 aliphatic rings. The largest absolute Gasteiger partial charge is 0.301 e. The maximum absolute atomic E-state index is 12.4. The van der Waals surface area contributed by atoms with Crippen molar-refractivity contribution < 1.29 is 0 Å². The number of hydrogen-bond acceptors (Lipinski definition) is 4. The molecule has 2 aromatic heterocycles. The van der Waals surface area contributed by atoms with Crippen molar-refractivity contribution in [2.75, 3.05) is 5.75 Å². The number of rotatable bonds is 3. The van der Waals surface area contributed by atoms with Crippen LogP contribution in [-0.2, 0) is 12.8 Å². The predicted octanol–water partition coefficient (Wildman–Crippen LogP) is 3.86. The number of aromatic amines is 1. The van der Waals surface area contributed by atoms with Gasteiger partial charge in [-0.3, -0.25) is 4.79 Å². The summed E-state index contributed by atoms with van der Waals surface area (Å²) in [5.41, 5.74) is 1.31. The molecule has 20 heavy (non-hydrogen) atoms. The molecular weight excluding hydrogens is 288 g/mol. The van der Waals surface area contributed by atoms with Crippen LogP contribution in [-0.4, -0.2) is 15.7 Å². The minimum atomic E-state index is 0.0494. The van der Waals surface area contributed by atoms with Gasteiger partial charge >= 0.3 is 0 Å². The zero-order valence-corrected chi connectivity index (χ0v) is 13.8. The van der Waals surface area contributed by atoms with Crippen LogP contribution >= 0.6 is 23.1 Å². The number of thioether (sulfide) groups is 1. The summed E-state index contributed by atoms with van der Waals surface area (Å²) >= 11 is 3.37. The van der Waals surface area contributed by atoms with Crippen LogP contribution < -0.4 is 5.56 Å². The molecule has 3 nitrogen and oxygen atoms in total. The fraction of sp³-hybridized carbons (Fsp3) is 0.600. The molecule has 0 radical (unpaired) electrons. The number of aryl methyl sites for hydroxylation is 1. The lowest BCUT2D eigenvalue weighted by Gasteiger charge is -2.17. The fourth-order valence-electron chi connectivity index (χ4n) is 2.64. The van der Waals surface area contributed by atoms with Crippen molar-refractivity contribution in [1.82, 2.24) is 9.97 Å². The Morgan fingerprint density at radius 2 is 2.30 bits per heavy atom. The van der Waals surface area contributed by atoms with Crippen LogP contribution in [0.15, 0.2) is 9.95 Å². The van der Waals surface area contributed by atoms with E-state index in [0.29, 0.717) is 5.92 Å². The van der Waals surface area contributed by atoms with Crippen LogP contribution in [0.5, 0.6) is 0 Å². The summed E-state index contributed by atoms with van der Waals surface area (Å²) in [6.45, 7) is 6.64. The first kappa shape index (κ1) is 14.1. The van der Waals surface area contributed by atoms with Crippen LogP contribution in [0.2, 0.25) is 0 Å². The Morgan fingerprint density at radius 3 is 3.05 bits per heavy atom. The van der Waals surface area contributed by atoms with Gasteiger partial charge in [0.05, 0.1) is 5.39 Å². The lowest BCUT2D eigenvalue weighted by Crippen LogP contribution is -2.13. The van der Waals surface area contributed by atoms with Crippen molar-refractivity contribution in [1.29, 1.82) is 0 Å². The van der Waals surface area contributed by atoms with E-state index in [1.165, 1.54) is 16.9 Å². The van der Waals surface area contributed by atoms with Gasteiger partial charge in [-0.25, -0.2) is 4.98 Å². The number of thiophene rings is 1. The zero-order chi connectivity index (χ0) is 14.3. The highest BCUT2D eigenvalue weighted by Gasteiger charge is 2.23. The Bertz CT molecular complexity index is 687. The fourth-order valence-corrected chi connectivity index (χ4v) is 4.90. The summed E-state index contributed by atoms with van der Waals surface area (Å²) in [6, 6.07) is 0. The van der Waals surface area contributed by atoms with Gasteiger partial charge < -0.3 is 4.98 Å². The summed E-state index contributed by atoms with van der Waals surface area (Å²) in [5.74, 6) is 2.30. The normalized spacial score (nSPS) is 18.7. The highest BCUT2D eigenvalue weighted by molar-refractivity contribution is 7.99. The summed E-state index contributed by atoms with van der Waals surface area (Å²) in [4.78, 5) is 22.3. The van der Waals surface area contributed by atoms with E-state index in [4.69, 9.17) is 0 Å². The molecule has 0 aromatic carbocycles. The Labute approximate surface area is 127 Å². The summed E-state index contributed by atoms with van der Waals surface area (Å²) < 4.78 is 0. The average molecular weight is 308 g/mol. The van der Waals surface area contributed by atoms with Gasteiger partial charge in [-0.2, -0.15) is 0 Å². The molecule has 1 atom stereocenters. The van der Waals surface area contributed by atoms with Crippen LogP contribution in [0, 0.1) is 11.8 Å². The van der Waals surface area contributed by atoms with Crippen LogP contribution in [0.3, 0.4) is 0 Å².